The lowest BCUT2D eigenvalue weighted by Gasteiger charge is -2.24. The van der Waals surface area contributed by atoms with E-state index in [4.69, 9.17) is 19.9 Å². The second-order valence-electron chi connectivity index (χ2n) is 5.34. The predicted octanol–water partition coefficient (Wildman–Crippen LogP) is 3.09. The second-order valence-corrected chi connectivity index (χ2v) is 5.34. The third-order valence-corrected chi connectivity index (χ3v) is 3.74. The fraction of sp³-hybridized carbons (Fsp3) is 0.667. The van der Waals surface area contributed by atoms with Gasteiger partial charge in [-0.05, 0) is 45.6 Å². The molecule has 2 atom stereocenters. The van der Waals surface area contributed by atoms with Gasteiger partial charge in [0.1, 0.15) is 0 Å². The zero-order chi connectivity index (χ0) is 17.2. The molecule has 0 heterocycles. The Morgan fingerprint density at radius 3 is 2.09 bits per heavy atom. The van der Waals surface area contributed by atoms with E-state index in [1.54, 1.807) is 0 Å². The van der Waals surface area contributed by atoms with E-state index >= 15 is 0 Å². The molecule has 0 aliphatic rings. The van der Waals surface area contributed by atoms with Gasteiger partial charge in [-0.1, -0.05) is 13.0 Å². The number of aliphatic hydroxyl groups is 1. The molecule has 0 radical (unpaired) electrons. The van der Waals surface area contributed by atoms with E-state index in [-0.39, 0.29) is 12.5 Å². The normalized spacial score (nSPS) is 13.5. The van der Waals surface area contributed by atoms with Crippen molar-refractivity contribution in [3.05, 3.63) is 17.7 Å². The highest BCUT2D eigenvalue weighted by molar-refractivity contribution is 5.57. The summed E-state index contributed by atoms with van der Waals surface area (Å²) in [4.78, 5) is 0. The van der Waals surface area contributed by atoms with Gasteiger partial charge in [0.2, 0.25) is 5.75 Å². The van der Waals surface area contributed by atoms with Crippen LogP contribution in [0.2, 0.25) is 0 Å². The Kier molecular flexibility index (Phi) is 8.81. The van der Waals surface area contributed by atoms with E-state index in [9.17, 15) is 5.11 Å². The summed E-state index contributed by atoms with van der Waals surface area (Å²) in [6.45, 7) is 9.82. The van der Waals surface area contributed by atoms with Gasteiger partial charge in [-0.15, -0.1) is 0 Å². The summed E-state index contributed by atoms with van der Waals surface area (Å²) < 4.78 is 17.4. The summed E-state index contributed by atoms with van der Waals surface area (Å²) in [7, 11) is 0. The fourth-order valence-corrected chi connectivity index (χ4v) is 2.66. The molecule has 3 N–H and O–H groups in total. The Morgan fingerprint density at radius 1 is 0.957 bits per heavy atom. The summed E-state index contributed by atoms with van der Waals surface area (Å²) in [5.41, 5.74) is 6.60. The number of ether oxygens (including phenoxy) is 3. The standard InChI is InChI=1S/C18H31NO4/c1-5-13(11-14(20)12-19)15-9-10-16(21-6-2)18(23-8-4)17(15)22-7-3/h9-10,13-14,20H,5-8,11-12,19H2,1-4H3. The van der Waals surface area contributed by atoms with Gasteiger partial charge in [0.15, 0.2) is 11.5 Å². The second kappa shape index (κ2) is 10.3. The van der Waals surface area contributed by atoms with Crippen molar-refractivity contribution >= 4 is 0 Å². The monoisotopic (exact) mass is 325 g/mol. The van der Waals surface area contributed by atoms with E-state index in [2.05, 4.69) is 6.92 Å². The van der Waals surface area contributed by atoms with Crippen LogP contribution in [0.1, 0.15) is 52.0 Å². The first-order valence-electron chi connectivity index (χ1n) is 8.56. The molecule has 1 rings (SSSR count). The maximum Gasteiger partial charge on any atom is 0.203 e. The van der Waals surface area contributed by atoms with Crippen molar-refractivity contribution in [2.75, 3.05) is 26.4 Å². The fourth-order valence-electron chi connectivity index (χ4n) is 2.66. The third-order valence-electron chi connectivity index (χ3n) is 3.74. The largest absolute Gasteiger partial charge is 0.490 e. The van der Waals surface area contributed by atoms with E-state index in [0.29, 0.717) is 37.7 Å². The molecule has 0 amide bonds. The average molecular weight is 325 g/mol. The molecule has 0 bridgehead atoms. The number of hydrogen-bond acceptors (Lipinski definition) is 5. The molecule has 1 aromatic rings. The van der Waals surface area contributed by atoms with Gasteiger partial charge in [0.05, 0.1) is 25.9 Å². The third kappa shape index (κ3) is 5.29. The van der Waals surface area contributed by atoms with Crippen LogP contribution in [0.4, 0.5) is 0 Å². The quantitative estimate of drug-likeness (QED) is 0.654. The van der Waals surface area contributed by atoms with Gasteiger partial charge < -0.3 is 25.1 Å². The highest BCUT2D eigenvalue weighted by Gasteiger charge is 2.23. The number of rotatable bonds is 11. The van der Waals surface area contributed by atoms with Crippen LogP contribution >= 0.6 is 0 Å². The van der Waals surface area contributed by atoms with Crippen molar-refractivity contribution in [3.8, 4) is 17.2 Å². The Labute approximate surface area is 139 Å². The van der Waals surface area contributed by atoms with Gasteiger partial charge in [0.25, 0.3) is 0 Å². The highest BCUT2D eigenvalue weighted by atomic mass is 16.5. The van der Waals surface area contributed by atoms with Gasteiger partial charge in [-0.25, -0.2) is 0 Å². The van der Waals surface area contributed by atoms with Gasteiger partial charge in [-0.2, -0.15) is 0 Å². The maximum absolute atomic E-state index is 9.93. The molecule has 0 spiro atoms. The minimum absolute atomic E-state index is 0.157. The van der Waals surface area contributed by atoms with Crippen LogP contribution in [0.15, 0.2) is 12.1 Å². The number of benzene rings is 1. The Morgan fingerprint density at radius 2 is 1.57 bits per heavy atom. The molecule has 0 aromatic heterocycles. The van der Waals surface area contributed by atoms with E-state index in [0.717, 1.165) is 17.7 Å². The van der Waals surface area contributed by atoms with Crippen LogP contribution in [0.3, 0.4) is 0 Å². The van der Waals surface area contributed by atoms with Crippen molar-refractivity contribution < 1.29 is 19.3 Å². The number of hydrogen-bond donors (Lipinski definition) is 2. The molecular formula is C18H31NO4. The molecular weight excluding hydrogens is 294 g/mol. The van der Waals surface area contributed by atoms with Crippen molar-refractivity contribution in [2.45, 2.75) is 52.6 Å². The van der Waals surface area contributed by atoms with Crippen LogP contribution in [-0.2, 0) is 0 Å². The van der Waals surface area contributed by atoms with Gasteiger partial charge in [0, 0.05) is 12.1 Å². The lowest BCUT2D eigenvalue weighted by Crippen LogP contribution is -2.22. The van der Waals surface area contributed by atoms with Gasteiger partial charge >= 0.3 is 0 Å². The van der Waals surface area contributed by atoms with Crippen molar-refractivity contribution in [1.82, 2.24) is 0 Å². The zero-order valence-electron chi connectivity index (χ0n) is 14.8. The molecule has 1 aromatic carbocycles. The van der Waals surface area contributed by atoms with Crippen LogP contribution in [-0.4, -0.2) is 37.6 Å². The van der Waals surface area contributed by atoms with E-state index in [1.165, 1.54) is 0 Å². The van der Waals surface area contributed by atoms with E-state index < -0.39 is 6.10 Å². The Hall–Kier alpha value is -1.46. The average Bonchev–Trinajstić information content (AvgIpc) is 2.56. The Bertz CT molecular complexity index is 465. The molecule has 0 aliphatic heterocycles. The molecule has 5 heteroatoms. The molecule has 0 fully saturated rings. The smallest absolute Gasteiger partial charge is 0.203 e. The lowest BCUT2D eigenvalue weighted by atomic mass is 9.89. The minimum atomic E-state index is -0.517. The van der Waals surface area contributed by atoms with Crippen LogP contribution in [0.5, 0.6) is 17.2 Å². The summed E-state index contributed by atoms with van der Waals surface area (Å²) in [5, 5.41) is 9.93. The molecule has 132 valence electrons. The van der Waals surface area contributed by atoms with Gasteiger partial charge in [-0.3, -0.25) is 0 Å². The number of aliphatic hydroxyl groups excluding tert-OH is 1. The van der Waals surface area contributed by atoms with Crippen molar-refractivity contribution in [3.63, 3.8) is 0 Å². The van der Waals surface area contributed by atoms with E-state index in [1.807, 2.05) is 32.9 Å². The molecule has 0 aliphatic carbocycles. The summed E-state index contributed by atoms with van der Waals surface area (Å²) in [5.74, 6) is 2.21. The first kappa shape index (κ1) is 19.6. The lowest BCUT2D eigenvalue weighted by molar-refractivity contribution is 0.161. The minimum Gasteiger partial charge on any atom is -0.490 e. The topological polar surface area (TPSA) is 73.9 Å². The molecule has 2 unspecified atom stereocenters. The Balaban J connectivity index is 3.30. The van der Waals surface area contributed by atoms with Crippen LogP contribution < -0.4 is 19.9 Å². The van der Waals surface area contributed by atoms with Crippen molar-refractivity contribution in [1.29, 1.82) is 0 Å². The molecule has 0 saturated heterocycles. The predicted molar refractivity (Wildman–Crippen MR) is 92.7 cm³/mol. The summed E-state index contributed by atoms with van der Waals surface area (Å²) >= 11 is 0. The van der Waals surface area contributed by atoms with Crippen LogP contribution in [0, 0.1) is 0 Å². The SMILES string of the molecule is CCOc1ccc(C(CC)CC(O)CN)c(OCC)c1OCC. The first-order chi connectivity index (χ1) is 11.1. The highest BCUT2D eigenvalue weighted by Crippen LogP contribution is 2.44. The molecule has 5 nitrogen and oxygen atoms in total. The van der Waals surface area contributed by atoms with Crippen LogP contribution in [0.25, 0.3) is 0 Å². The summed E-state index contributed by atoms with van der Waals surface area (Å²) in [6.07, 6.45) is 0.972. The van der Waals surface area contributed by atoms with Crippen molar-refractivity contribution in [2.24, 2.45) is 5.73 Å². The first-order valence-corrected chi connectivity index (χ1v) is 8.56. The molecule has 0 saturated carbocycles. The molecule has 23 heavy (non-hydrogen) atoms. The number of nitrogens with two attached hydrogens (primary N) is 1. The maximum atomic E-state index is 9.93. The zero-order valence-corrected chi connectivity index (χ0v) is 14.8. The summed E-state index contributed by atoms with van der Waals surface area (Å²) in [6, 6.07) is 3.93.